The summed E-state index contributed by atoms with van der Waals surface area (Å²) in [5, 5.41) is 16.8. The van der Waals surface area contributed by atoms with Crippen molar-refractivity contribution in [3.05, 3.63) is 41.6 Å². The number of amides is 2. The van der Waals surface area contributed by atoms with Crippen LogP contribution in [0.3, 0.4) is 0 Å². The summed E-state index contributed by atoms with van der Waals surface area (Å²) in [6.07, 6.45) is -1.77. The monoisotopic (exact) mass is 500 g/mol. The highest BCUT2D eigenvalue weighted by molar-refractivity contribution is 5.91. The molecule has 0 saturated heterocycles. The van der Waals surface area contributed by atoms with Gasteiger partial charge in [-0.2, -0.15) is 28.2 Å². The maximum Gasteiger partial charge on any atom is 0.390 e. The van der Waals surface area contributed by atoms with E-state index in [4.69, 9.17) is 0 Å². The number of aryl methyl sites for hydroxylation is 1. The summed E-state index contributed by atoms with van der Waals surface area (Å²) in [6.45, 7) is -0.321. The molecule has 0 aliphatic heterocycles. The lowest BCUT2D eigenvalue weighted by Crippen LogP contribution is -2.38. The van der Waals surface area contributed by atoms with Crippen molar-refractivity contribution >= 4 is 17.5 Å². The molecule has 0 radical (unpaired) electrons. The van der Waals surface area contributed by atoms with Crippen LogP contribution in [0.25, 0.3) is 5.65 Å². The molecule has 0 aromatic carbocycles. The molecule has 1 aliphatic rings. The predicted molar refractivity (Wildman–Crippen MR) is 109 cm³/mol. The van der Waals surface area contributed by atoms with Gasteiger partial charge in [-0.3, -0.25) is 9.59 Å². The van der Waals surface area contributed by atoms with Crippen LogP contribution in [0.2, 0.25) is 0 Å². The Balaban J connectivity index is 1.26. The van der Waals surface area contributed by atoms with Gasteiger partial charge >= 0.3 is 6.18 Å². The molecule has 4 rings (SSSR count). The van der Waals surface area contributed by atoms with Crippen LogP contribution in [-0.2, 0) is 24.4 Å². The highest BCUT2D eigenvalue weighted by Gasteiger charge is 2.45. The fourth-order valence-electron chi connectivity index (χ4n) is 3.61. The third kappa shape index (κ3) is 6.70. The molecule has 3 heterocycles. The number of hydrogen-bond donors (Lipinski definition) is 2. The maximum atomic E-state index is 12.9. The molecule has 3 aromatic heterocycles. The first kappa shape index (κ1) is 24.5. The summed E-state index contributed by atoms with van der Waals surface area (Å²) in [4.78, 5) is 29.3. The zero-order chi connectivity index (χ0) is 25.2. The van der Waals surface area contributed by atoms with Gasteiger partial charge in [-0.25, -0.2) is 18.3 Å². The zero-order valence-corrected chi connectivity index (χ0v) is 18.2. The fraction of sp³-hybridized carbons (Fsp3) is 0.500. The molecule has 0 atom stereocenters. The summed E-state index contributed by atoms with van der Waals surface area (Å²) >= 11 is 0. The van der Waals surface area contributed by atoms with Gasteiger partial charge in [0.2, 0.25) is 11.8 Å². The van der Waals surface area contributed by atoms with Crippen molar-refractivity contribution in [2.45, 2.75) is 57.4 Å². The first-order valence-electron chi connectivity index (χ1n) is 10.7. The van der Waals surface area contributed by atoms with E-state index in [9.17, 15) is 31.5 Å². The van der Waals surface area contributed by atoms with Crippen LogP contribution in [0.1, 0.15) is 47.4 Å². The number of nitrogens with zero attached hydrogens (tertiary/aromatic N) is 6. The van der Waals surface area contributed by atoms with E-state index in [1.165, 1.54) is 10.7 Å². The van der Waals surface area contributed by atoms with Crippen LogP contribution in [0.15, 0.2) is 24.7 Å². The third-order valence-corrected chi connectivity index (χ3v) is 5.36. The second-order valence-electron chi connectivity index (χ2n) is 8.38. The van der Waals surface area contributed by atoms with Gasteiger partial charge in [0.25, 0.3) is 5.91 Å². The molecule has 1 saturated carbocycles. The minimum Gasteiger partial charge on any atom is -0.352 e. The lowest BCUT2D eigenvalue weighted by Gasteiger charge is -2.34. The van der Waals surface area contributed by atoms with Gasteiger partial charge in [0.05, 0.1) is 43.8 Å². The summed E-state index contributed by atoms with van der Waals surface area (Å²) in [5.74, 6) is -3.90. The van der Waals surface area contributed by atoms with E-state index in [1.807, 2.05) is 0 Å². The summed E-state index contributed by atoms with van der Waals surface area (Å²) in [5.41, 5.74) is 1.44. The Bertz CT molecular complexity index is 1210. The van der Waals surface area contributed by atoms with Crippen molar-refractivity contribution in [2.24, 2.45) is 5.92 Å². The van der Waals surface area contributed by atoms with Crippen LogP contribution < -0.4 is 10.6 Å². The molecule has 0 bridgehead atoms. The number of hydrogen-bond acceptors (Lipinski definition) is 6. The molecular formula is C20H21F5N8O2. The minimum atomic E-state index is -4.35. The Morgan fingerprint density at radius 2 is 1.89 bits per heavy atom. The highest BCUT2D eigenvalue weighted by atomic mass is 19.4. The van der Waals surface area contributed by atoms with E-state index in [-0.39, 0.29) is 49.9 Å². The number of alkyl halides is 5. The molecule has 10 nitrogen and oxygen atoms in total. The van der Waals surface area contributed by atoms with Gasteiger partial charge in [-0.15, -0.1) is 5.10 Å². The van der Waals surface area contributed by atoms with Crippen LogP contribution in [0, 0.1) is 5.92 Å². The van der Waals surface area contributed by atoms with Gasteiger partial charge in [-0.1, -0.05) is 0 Å². The van der Waals surface area contributed by atoms with E-state index in [0.717, 1.165) is 11.0 Å². The Labute approximate surface area is 194 Å². The van der Waals surface area contributed by atoms with Gasteiger partial charge in [-0.05, 0) is 17.5 Å². The lowest BCUT2D eigenvalue weighted by molar-refractivity contribution is -0.138. The van der Waals surface area contributed by atoms with E-state index in [1.54, 1.807) is 12.3 Å². The minimum absolute atomic E-state index is 0.00962. The molecule has 1 fully saturated rings. The Morgan fingerprint density at radius 3 is 2.60 bits per heavy atom. The first-order valence-corrected chi connectivity index (χ1v) is 10.7. The van der Waals surface area contributed by atoms with Gasteiger partial charge in [0, 0.05) is 25.8 Å². The zero-order valence-electron chi connectivity index (χ0n) is 18.2. The molecule has 188 valence electrons. The third-order valence-electron chi connectivity index (χ3n) is 5.36. The molecular weight excluding hydrogens is 479 g/mol. The standard InChI is InChI=1S/C20H21F5N8O2/c21-19(22)5-12(6-19)4-17(34)26-7-13-3-16-30-14(11-32(16)28-8-13)9-27-18(35)15-10-29-33(31-15)2-1-20(23,24)25/h3,8,10-12H,1-2,4-7,9H2,(H,26,34)(H,27,35). The molecule has 0 unspecified atom stereocenters. The number of carbonyl (C=O) groups excluding carboxylic acids is 2. The number of imidazole rings is 1. The van der Waals surface area contributed by atoms with Crippen LogP contribution in [0.5, 0.6) is 0 Å². The number of halogens is 5. The molecule has 1 aliphatic carbocycles. The number of aromatic nitrogens is 6. The number of fused-ring (bicyclic) bond motifs is 1. The van der Waals surface area contributed by atoms with Crippen LogP contribution >= 0.6 is 0 Å². The first-order chi connectivity index (χ1) is 16.5. The van der Waals surface area contributed by atoms with Crippen LogP contribution in [-0.4, -0.2) is 53.5 Å². The number of nitrogens with one attached hydrogen (secondary N) is 2. The Hall–Kier alpha value is -3.65. The molecule has 15 heteroatoms. The maximum absolute atomic E-state index is 12.9. The average Bonchev–Trinajstić information content (AvgIpc) is 3.39. The van der Waals surface area contributed by atoms with Gasteiger partial charge in [0.1, 0.15) is 0 Å². The second kappa shape index (κ2) is 9.54. The predicted octanol–water partition coefficient (Wildman–Crippen LogP) is 2.25. The van der Waals surface area contributed by atoms with E-state index in [2.05, 4.69) is 30.9 Å². The van der Waals surface area contributed by atoms with E-state index < -0.39 is 31.0 Å². The van der Waals surface area contributed by atoms with Crippen molar-refractivity contribution in [1.82, 2.24) is 40.2 Å². The van der Waals surface area contributed by atoms with Crippen LogP contribution in [0.4, 0.5) is 22.0 Å². The highest BCUT2D eigenvalue weighted by Crippen LogP contribution is 2.43. The fourth-order valence-corrected chi connectivity index (χ4v) is 3.61. The molecule has 35 heavy (non-hydrogen) atoms. The summed E-state index contributed by atoms with van der Waals surface area (Å²) < 4.78 is 64.1. The quantitative estimate of drug-likeness (QED) is 0.435. The van der Waals surface area contributed by atoms with Crippen molar-refractivity contribution in [3.63, 3.8) is 0 Å². The molecule has 0 spiro atoms. The van der Waals surface area contributed by atoms with Crippen molar-refractivity contribution in [3.8, 4) is 0 Å². The lowest BCUT2D eigenvalue weighted by atomic mass is 9.79. The molecule has 2 N–H and O–H groups in total. The largest absolute Gasteiger partial charge is 0.390 e. The molecule has 3 aromatic rings. The Morgan fingerprint density at radius 1 is 1.11 bits per heavy atom. The van der Waals surface area contributed by atoms with E-state index >= 15 is 0 Å². The molecule has 2 amide bonds. The SMILES string of the molecule is O=C(CC1CC(F)(F)C1)NCc1cnn2cc(CNC(=O)c3cnn(CCC(F)(F)F)n3)nc2c1. The summed E-state index contributed by atoms with van der Waals surface area (Å²) in [6, 6.07) is 1.68. The topological polar surface area (TPSA) is 119 Å². The Kier molecular flexibility index (Phi) is 6.67. The average molecular weight is 500 g/mol. The summed E-state index contributed by atoms with van der Waals surface area (Å²) in [7, 11) is 0. The van der Waals surface area contributed by atoms with Gasteiger partial charge in [0.15, 0.2) is 11.3 Å². The number of rotatable bonds is 9. The smallest absolute Gasteiger partial charge is 0.352 e. The normalized spacial score (nSPS) is 15.7. The van der Waals surface area contributed by atoms with Crippen molar-refractivity contribution in [1.29, 1.82) is 0 Å². The van der Waals surface area contributed by atoms with Gasteiger partial charge < -0.3 is 10.6 Å². The number of carbonyl (C=O) groups is 2. The van der Waals surface area contributed by atoms with E-state index in [0.29, 0.717) is 16.9 Å². The van der Waals surface area contributed by atoms with Crippen molar-refractivity contribution in [2.75, 3.05) is 0 Å². The van der Waals surface area contributed by atoms with Crippen molar-refractivity contribution < 1.29 is 31.5 Å². The second-order valence-corrected chi connectivity index (χ2v) is 8.38.